The van der Waals surface area contributed by atoms with E-state index in [0.29, 0.717) is 11.8 Å². The lowest BCUT2D eigenvalue weighted by Gasteiger charge is -2.57. The molecule has 246 valence electrons. The van der Waals surface area contributed by atoms with E-state index in [1.54, 1.807) is 16.7 Å². The lowest BCUT2D eigenvalue weighted by atomic mass is 9.46. The van der Waals surface area contributed by atoms with Crippen molar-refractivity contribution in [2.45, 2.75) is 31.1 Å². The molecule has 52 heavy (non-hydrogen) atoms. The van der Waals surface area contributed by atoms with E-state index in [1.165, 1.54) is 95.6 Å². The van der Waals surface area contributed by atoms with Crippen molar-refractivity contribution in [2.75, 3.05) is 0 Å². The first-order valence-electron chi connectivity index (χ1n) is 19.0. The molecule has 1 spiro atoms. The van der Waals surface area contributed by atoms with Gasteiger partial charge in [-0.2, -0.15) is 0 Å². The Morgan fingerprint density at radius 2 is 1.31 bits per heavy atom. The van der Waals surface area contributed by atoms with Gasteiger partial charge < -0.3 is 4.74 Å². The molecule has 2 saturated carbocycles. The van der Waals surface area contributed by atoms with Crippen LogP contribution in [-0.2, 0) is 5.41 Å². The van der Waals surface area contributed by atoms with Crippen LogP contribution in [0.1, 0.15) is 36.8 Å². The van der Waals surface area contributed by atoms with Crippen LogP contribution in [0.2, 0.25) is 0 Å². The van der Waals surface area contributed by atoms with Crippen LogP contribution in [-0.4, -0.2) is 0 Å². The van der Waals surface area contributed by atoms with E-state index in [0.717, 1.165) is 23.0 Å². The topological polar surface area (TPSA) is 9.23 Å². The second-order valence-corrected chi connectivity index (χ2v) is 17.1. The molecule has 1 aliphatic heterocycles. The minimum atomic E-state index is 0.0888. The van der Waals surface area contributed by atoms with Crippen molar-refractivity contribution in [1.29, 1.82) is 0 Å². The average molecular weight is 683 g/mol. The highest BCUT2D eigenvalue weighted by Gasteiger charge is 2.59. The summed E-state index contributed by atoms with van der Waals surface area (Å²) in [6.07, 6.45) is 8.00. The van der Waals surface area contributed by atoms with Gasteiger partial charge in [-0.15, -0.1) is 11.3 Å². The summed E-state index contributed by atoms with van der Waals surface area (Å²) in [6.45, 7) is 0. The monoisotopic (exact) mass is 682 g/mol. The fraction of sp³-hybridized carbons (Fsp3) is 0.160. The van der Waals surface area contributed by atoms with Gasteiger partial charge in [0, 0.05) is 36.5 Å². The van der Waals surface area contributed by atoms with E-state index in [2.05, 4.69) is 140 Å². The third-order valence-electron chi connectivity index (χ3n) is 13.6. The van der Waals surface area contributed by atoms with Gasteiger partial charge in [0.1, 0.15) is 11.5 Å². The molecule has 0 saturated heterocycles. The van der Waals surface area contributed by atoms with E-state index in [-0.39, 0.29) is 5.41 Å². The van der Waals surface area contributed by atoms with Crippen LogP contribution in [0, 0.1) is 17.8 Å². The third kappa shape index (κ3) is 3.49. The van der Waals surface area contributed by atoms with E-state index >= 15 is 0 Å². The maximum atomic E-state index is 6.75. The van der Waals surface area contributed by atoms with Crippen LogP contribution in [0.3, 0.4) is 0 Å². The van der Waals surface area contributed by atoms with E-state index in [4.69, 9.17) is 4.74 Å². The van der Waals surface area contributed by atoms with Crippen LogP contribution in [0.5, 0.6) is 11.5 Å². The normalized spacial score (nSPS) is 22.8. The van der Waals surface area contributed by atoms with Crippen molar-refractivity contribution < 1.29 is 4.74 Å². The molecule has 1 nitrogen and oxygen atoms in total. The SMILES string of the molecule is C1=C2CC3CC1C1(c4ccccc4-c4c(-c5ccc6c7c(cccc57)-c5cc(-c7ccc8sc9ccccc9c8c7)ccc5O6)cccc41)C(C2)C3. The van der Waals surface area contributed by atoms with Crippen molar-refractivity contribution in [3.63, 3.8) is 0 Å². The number of hydrogen-bond acceptors (Lipinski definition) is 2. The summed E-state index contributed by atoms with van der Waals surface area (Å²) in [4.78, 5) is 0. The predicted octanol–water partition coefficient (Wildman–Crippen LogP) is 14.0. The van der Waals surface area contributed by atoms with Gasteiger partial charge in [0.15, 0.2) is 0 Å². The lowest BCUT2D eigenvalue weighted by molar-refractivity contribution is 0.0835. The van der Waals surface area contributed by atoms with Crippen molar-refractivity contribution >= 4 is 42.3 Å². The summed E-state index contributed by atoms with van der Waals surface area (Å²) in [6, 6.07) is 50.4. The molecular formula is C50H34OS. The zero-order chi connectivity index (χ0) is 33.7. The summed E-state index contributed by atoms with van der Waals surface area (Å²) < 4.78 is 9.42. The Balaban J connectivity index is 0.994. The zero-order valence-corrected chi connectivity index (χ0v) is 29.5. The van der Waals surface area contributed by atoms with Crippen LogP contribution in [0.4, 0.5) is 0 Å². The molecule has 4 atom stereocenters. The molecular weight excluding hydrogens is 649 g/mol. The number of rotatable bonds is 2. The first-order valence-corrected chi connectivity index (χ1v) is 19.8. The van der Waals surface area contributed by atoms with Gasteiger partial charge in [0.05, 0.1) is 0 Å². The highest BCUT2D eigenvalue weighted by atomic mass is 32.1. The molecule has 2 heteroatoms. The quantitative estimate of drug-likeness (QED) is 0.165. The second-order valence-electron chi connectivity index (χ2n) is 16.0. The molecule has 4 unspecified atom stereocenters. The Bertz CT molecular complexity index is 2920. The van der Waals surface area contributed by atoms with Crippen molar-refractivity contribution in [1.82, 2.24) is 0 Å². The summed E-state index contributed by atoms with van der Waals surface area (Å²) >= 11 is 1.87. The fourth-order valence-corrected chi connectivity index (χ4v) is 12.8. The van der Waals surface area contributed by atoms with Gasteiger partial charge in [0.25, 0.3) is 0 Å². The maximum absolute atomic E-state index is 6.75. The summed E-state index contributed by atoms with van der Waals surface area (Å²) in [7, 11) is 0. The minimum Gasteiger partial charge on any atom is -0.456 e. The van der Waals surface area contributed by atoms with Gasteiger partial charge in [-0.25, -0.2) is 0 Å². The van der Waals surface area contributed by atoms with Gasteiger partial charge >= 0.3 is 0 Å². The Labute approximate surface area is 306 Å². The van der Waals surface area contributed by atoms with Crippen molar-refractivity contribution in [2.24, 2.45) is 17.8 Å². The largest absolute Gasteiger partial charge is 0.456 e. The van der Waals surface area contributed by atoms with Gasteiger partial charge in [0.2, 0.25) is 0 Å². The Morgan fingerprint density at radius 3 is 2.27 bits per heavy atom. The van der Waals surface area contributed by atoms with E-state index in [1.807, 2.05) is 11.3 Å². The molecule has 8 aromatic rings. The number of hydrogen-bond donors (Lipinski definition) is 0. The molecule has 0 amide bonds. The molecule has 2 heterocycles. The Morgan fingerprint density at radius 1 is 0.538 bits per heavy atom. The van der Waals surface area contributed by atoms with Crippen molar-refractivity contribution in [3.8, 4) is 56.0 Å². The molecule has 14 rings (SSSR count). The Kier molecular flexibility index (Phi) is 5.37. The average Bonchev–Trinajstić information content (AvgIpc) is 3.70. The Hall–Kier alpha value is -5.44. The molecule has 6 aliphatic rings. The lowest BCUT2D eigenvalue weighted by Crippen LogP contribution is -2.51. The number of ether oxygens (including phenoxy) is 1. The van der Waals surface area contributed by atoms with Crippen molar-refractivity contribution in [3.05, 3.63) is 156 Å². The standard InChI is InChI=1S/C50H34OS/c1-3-12-42-39(8-1)48-36(11-6-13-43(48)50(42)32-22-28-21-29(24-32)25-33(50)23-28)34-17-19-45-49-37(34)9-5-10-38(49)40-26-30(15-18-44(40)51-45)31-16-20-47-41(27-31)35-7-2-4-14-46(35)52-47/h1-20,22,26-27,29,32-33H,21,23-25H2. The second kappa shape index (κ2) is 9.91. The minimum absolute atomic E-state index is 0.0888. The van der Waals surface area contributed by atoms with Gasteiger partial charge in [-0.3, -0.25) is 0 Å². The van der Waals surface area contributed by atoms with E-state index < -0.39 is 0 Å². The van der Waals surface area contributed by atoms with Crippen LogP contribution in [0.25, 0.3) is 75.5 Å². The molecule has 5 aliphatic carbocycles. The number of fused-ring (bicyclic) bond motifs is 8. The van der Waals surface area contributed by atoms with Crippen LogP contribution < -0.4 is 4.74 Å². The predicted molar refractivity (Wildman–Crippen MR) is 216 cm³/mol. The summed E-state index contributed by atoms with van der Waals surface area (Å²) in [5, 5.41) is 5.13. The first-order chi connectivity index (χ1) is 25.7. The molecule has 1 aromatic heterocycles. The fourth-order valence-electron chi connectivity index (χ4n) is 11.7. The molecule has 2 fully saturated rings. The smallest absolute Gasteiger partial charge is 0.135 e. The highest BCUT2D eigenvalue weighted by Crippen LogP contribution is 2.68. The van der Waals surface area contributed by atoms with Gasteiger partial charge in [-0.05, 0) is 135 Å². The van der Waals surface area contributed by atoms with Gasteiger partial charge in [-0.1, -0.05) is 109 Å². The summed E-state index contributed by atoms with van der Waals surface area (Å²) in [5.41, 5.74) is 15.4. The van der Waals surface area contributed by atoms with Crippen LogP contribution >= 0.6 is 11.3 Å². The van der Waals surface area contributed by atoms with Crippen LogP contribution in [0.15, 0.2) is 145 Å². The molecule has 4 bridgehead atoms. The number of benzene rings is 7. The molecule has 0 radical (unpaired) electrons. The zero-order valence-electron chi connectivity index (χ0n) is 28.7. The molecule has 0 N–H and O–H groups in total. The number of allylic oxidation sites excluding steroid dienone is 2. The highest BCUT2D eigenvalue weighted by molar-refractivity contribution is 7.25. The molecule has 7 aromatic carbocycles. The maximum Gasteiger partial charge on any atom is 0.135 e. The summed E-state index contributed by atoms with van der Waals surface area (Å²) in [5.74, 6) is 4.03. The van der Waals surface area contributed by atoms with E-state index in [9.17, 15) is 0 Å². The first kappa shape index (κ1) is 28.2. The third-order valence-corrected chi connectivity index (χ3v) is 14.7. The number of thiophene rings is 1.